The summed E-state index contributed by atoms with van der Waals surface area (Å²) in [5, 5.41) is 10.3. The van der Waals surface area contributed by atoms with Gasteiger partial charge in [-0.1, -0.05) is 31.9 Å². The second kappa shape index (κ2) is 6.78. The first kappa shape index (κ1) is 18.0. The Morgan fingerprint density at radius 3 is 2.71 bits per heavy atom. The van der Waals surface area contributed by atoms with Gasteiger partial charge in [0.2, 0.25) is 5.91 Å². The predicted octanol–water partition coefficient (Wildman–Crippen LogP) is 3.67. The van der Waals surface area contributed by atoms with E-state index in [-0.39, 0.29) is 23.4 Å². The minimum atomic E-state index is -0.386. The fourth-order valence-corrected chi connectivity index (χ4v) is 6.28. The van der Waals surface area contributed by atoms with Crippen LogP contribution in [0.15, 0.2) is 24.3 Å². The molecule has 3 N–H and O–H groups in total. The molecule has 28 heavy (non-hydrogen) atoms. The maximum atomic E-state index is 13.1. The minimum absolute atomic E-state index is 0.0129. The highest BCUT2D eigenvalue weighted by molar-refractivity contribution is 6.02. The molecule has 2 amide bonds. The molecule has 150 valence electrons. The molecule has 1 heterocycles. The van der Waals surface area contributed by atoms with E-state index in [0.29, 0.717) is 23.8 Å². The van der Waals surface area contributed by atoms with E-state index >= 15 is 0 Å². The molecule has 1 spiro atoms. The summed E-state index contributed by atoms with van der Waals surface area (Å²) in [7, 11) is 0. The van der Waals surface area contributed by atoms with Gasteiger partial charge in [0.15, 0.2) is 0 Å². The van der Waals surface area contributed by atoms with Crippen LogP contribution in [-0.2, 0) is 4.79 Å². The highest BCUT2D eigenvalue weighted by Gasteiger charge is 2.55. The van der Waals surface area contributed by atoms with Gasteiger partial charge in [-0.15, -0.1) is 0 Å². The minimum Gasteiger partial charge on any atom is -0.362 e. The molecule has 0 saturated heterocycles. The van der Waals surface area contributed by atoms with Crippen LogP contribution in [0.2, 0.25) is 0 Å². The molecule has 1 aliphatic heterocycles. The highest BCUT2D eigenvalue weighted by atomic mass is 16.2. The van der Waals surface area contributed by atoms with Crippen molar-refractivity contribution in [1.29, 1.82) is 0 Å². The molecular weight excluding hydrogens is 350 g/mol. The van der Waals surface area contributed by atoms with Crippen molar-refractivity contribution in [2.75, 3.05) is 5.32 Å². The number of carbonyl (C=O) groups is 2. The van der Waals surface area contributed by atoms with Crippen LogP contribution in [0, 0.1) is 23.7 Å². The van der Waals surface area contributed by atoms with Gasteiger partial charge in [0.1, 0.15) is 5.66 Å². The van der Waals surface area contributed by atoms with Crippen LogP contribution < -0.4 is 16.0 Å². The summed E-state index contributed by atoms with van der Waals surface area (Å²) < 4.78 is 0. The third-order valence-corrected chi connectivity index (χ3v) is 7.92. The van der Waals surface area contributed by atoms with Gasteiger partial charge in [-0.25, -0.2) is 0 Å². The van der Waals surface area contributed by atoms with E-state index < -0.39 is 0 Å². The van der Waals surface area contributed by atoms with Crippen molar-refractivity contribution in [1.82, 2.24) is 10.6 Å². The molecule has 5 aliphatic rings. The molecule has 2 bridgehead atoms. The molecule has 4 aliphatic carbocycles. The second-order valence-corrected chi connectivity index (χ2v) is 9.55. The number of hydrogen-bond donors (Lipinski definition) is 3. The summed E-state index contributed by atoms with van der Waals surface area (Å²) in [6.45, 7) is 2.27. The maximum Gasteiger partial charge on any atom is 0.255 e. The summed E-state index contributed by atoms with van der Waals surface area (Å²) >= 11 is 0. The number of hydrogen-bond acceptors (Lipinski definition) is 3. The van der Waals surface area contributed by atoms with Gasteiger partial charge in [-0.3, -0.25) is 9.59 Å². The van der Waals surface area contributed by atoms with Crippen LogP contribution in [0.4, 0.5) is 5.69 Å². The molecule has 6 atom stereocenters. The number of benzene rings is 1. The fraction of sp³-hybridized carbons (Fsp3) is 0.652. The van der Waals surface area contributed by atoms with Crippen molar-refractivity contribution in [2.45, 2.75) is 70.0 Å². The molecule has 4 fully saturated rings. The van der Waals surface area contributed by atoms with Crippen molar-refractivity contribution in [3.8, 4) is 0 Å². The third kappa shape index (κ3) is 2.90. The predicted molar refractivity (Wildman–Crippen MR) is 109 cm³/mol. The largest absolute Gasteiger partial charge is 0.362 e. The van der Waals surface area contributed by atoms with Gasteiger partial charge in [0.05, 0.1) is 5.56 Å². The maximum absolute atomic E-state index is 13.1. The zero-order valence-electron chi connectivity index (χ0n) is 16.7. The standard InChI is InChI=1S/C23H31N3O2/c1-14-6-2-4-8-19(14)24-21(27)18-12-16-11-10-15(18)13-23(16)25-20-9-5-3-7-17(20)22(28)26-23/h3,5,7,9,14-16,18-19,25H,2,4,6,8,10-13H2,1H3,(H,24,27)(H,26,28)/t14-,15+,16-,18-,19+,23-/m1/s1. The summed E-state index contributed by atoms with van der Waals surface area (Å²) in [4.78, 5) is 25.8. The number of rotatable bonds is 2. The Morgan fingerprint density at radius 2 is 1.93 bits per heavy atom. The highest BCUT2D eigenvalue weighted by Crippen LogP contribution is 2.51. The lowest BCUT2D eigenvalue weighted by Crippen LogP contribution is -2.68. The first-order chi connectivity index (χ1) is 13.6. The average molecular weight is 382 g/mol. The first-order valence-corrected chi connectivity index (χ1v) is 11.1. The normalized spacial score (nSPS) is 39.0. The topological polar surface area (TPSA) is 70.2 Å². The van der Waals surface area contributed by atoms with Crippen LogP contribution in [0.1, 0.15) is 68.6 Å². The number of amides is 2. The summed E-state index contributed by atoms with van der Waals surface area (Å²) in [5.74, 6) is 1.58. The zero-order chi connectivity index (χ0) is 19.3. The SMILES string of the molecule is C[C@@H]1CCCC[C@@H]1NC(=O)[C@@H]1C[C@H]2CC[C@H]1C[C@@]21NC(=O)c2ccccc2N1. The van der Waals surface area contributed by atoms with Crippen molar-refractivity contribution in [3.05, 3.63) is 29.8 Å². The molecule has 4 saturated carbocycles. The Kier molecular flexibility index (Phi) is 4.37. The van der Waals surface area contributed by atoms with Crippen LogP contribution in [0.25, 0.3) is 0 Å². The van der Waals surface area contributed by atoms with E-state index in [4.69, 9.17) is 0 Å². The number of anilines is 1. The summed E-state index contributed by atoms with van der Waals surface area (Å²) in [6.07, 6.45) is 8.73. The summed E-state index contributed by atoms with van der Waals surface area (Å²) in [6, 6.07) is 8.08. The Morgan fingerprint density at radius 1 is 1.11 bits per heavy atom. The molecule has 1 aromatic rings. The number of nitrogens with one attached hydrogen (secondary N) is 3. The van der Waals surface area contributed by atoms with Gasteiger partial charge in [0.25, 0.3) is 5.91 Å². The Bertz CT molecular complexity index is 794. The van der Waals surface area contributed by atoms with Crippen molar-refractivity contribution < 1.29 is 9.59 Å². The lowest BCUT2D eigenvalue weighted by Gasteiger charge is -2.56. The van der Waals surface area contributed by atoms with Gasteiger partial charge in [-0.05, 0) is 62.5 Å². The quantitative estimate of drug-likeness (QED) is 0.732. The van der Waals surface area contributed by atoms with E-state index in [1.54, 1.807) is 0 Å². The van der Waals surface area contributed by atoms with Crippen LogP contribution in [0.3, 0.4) is 0 Å². The number of carbonyl (C=O) groups excluding carboxylic acids is 2. The van der Waals surface area contributed by atoms with Gasteiger partial charge in [0, 0.05) is 23.6 Å². The van der Waals surface area contributed by atoms with Gasteiger partial charge < -0.3 is 16.0 Å². The number of fused-ring (bicyclic) bond motifs is 3. The lowest BCUT2D eigenvalue weighted by molar-refractivity contribution is -0.133. The first-order valence-electron chi connectivity index (χ1n) is 11.1. The smallest absolute Gasteiger partial charge is 0.255 e. The zero-order valence-corrected chi connectivity index (χ0v) is 16.7. The number of para-hydroxylation sites is 1. The van der Waals surface area contributed by atoms with Crippen LogP contribution in [0.5, 0.6) is 0 Å². The van der Waals surface area contributed by atoms with Gasteiger partial charge >= 0.3 is 0 Å². The van der Waals surface area contributed by atoms with Crippen molar-refractivity contribution in [3.63, 3.8) is 0 Å². The third-order valence-electron chi connectivity index (χ3n) is 7.92. The molecule has 1 aromatic carbocycles. The molecule has 0 radical (unpaired) electrons. The van der Waals surface area contributed by atoms with Crippen molar-refractivity contribution >= 4 is 17.5 Å². The van der Waals surface area contributed by atoms with E-state index in [2.05, 4.69) is 22.9 Å². The second-order valence-electron chi connectivity index (χ2n) is 9.55. The Balaban J connectivity index is 1.32. The van der Waals surface area contributed by atoms with E-state index in [1.807, 2.05) is 24.3 Å². The monoisotopic (exact) mass is 381 g/mol. The summed E-state index contributed by atoms with van der Waals surface area (Å²) in [5.41, 5.74) is 1.26. The van der Waals surface area contributed by atoms with Crippen molar-refractivity contribution in [2.24, 2.45) is 23.7 Å². The van der Waals surface area contributed by atoms with Crippen LogP contribution >= 0.6 is 0 Å². The molecule has 0 unspecified atom stereocenters. The molecule has 5 nitrogen and oxygen atoms in total. The van der Waals surface area contributed by atoms with E-state index in [1.165, 1.54) is 19.3 Å². The van der Waals surface area contributed by atoms with E-state index in [9.17, 15) is 9.59 Å². The fourth-order valence-electron chi connectivity index (χ4n) is 6.28. The molecule has 6 rings (SSSR count). The lowest BCUT2D eigenvalue weighted by atomic mass is 9.58. The molecular formula is C23H31N3O2. The Hall–Kier alpha value is -2.04. The Labute approximate surface area is 167 Å². The van der Waals surface area contributed by atoms with E-state index in [0.717, 1.165) is 43.4 Å². The molecule has 0 aromatic heterocycles. The van der Waals surface area contributed by atoms with Crippen LogP contribution in [-0.4, -0.2) is 23.5 Å². The molecule has 5 heteroatoms. The van der Waals surface area contributed by atoms with Gasteiger partial charge in [-0.2, -0.15) is 0 Å². The average Bonchev–Trinajstić information content (AvgIpc) is 2.70.